The monoisotopic (exact) mass is 502 g/mol. The Labute approximate surface area is 213 Å². The first-order chi connectivity index (χ1) is 17.8. The second kappa shape index (κ2) is 9.81. The molecule has 0 atom stereocenters. The van der Waals surface area contributed by atoms with Crippen LogP contribution >= 0.6 is 0 Å². The molecule has 1 aliphatic heterocycles. The van der Waals surface area contributed by atoms with Crippen molar-refractivity contribution in [1.82, 2.24) is 0 Å². The normalized spacial score (nSPS) is 14.0. The molecule has 0 bridgehead atoms. The maximum atomic E-state index is 12.9. The summed E-state index contributed by atoms with van der Waals surface area (Å²) in [6.45, 7) is 4.00. The summed E-state index contributed by atoms with van der Waals surface area (Å²) < 4.78 is 34.2. The minimum Gasteiger partial charge on any atom is -0.507 e. The van der Waals surface area contributed by atoms with Gasteiger partial charge in [0.05, 0.1) is 7.11 Å². The van der Waals surface area contributed by atoms with Crippen molar-refractivity contribution in [2.24, 2.45) is 0 Å². The van der Waals surface area contributed by atoms with Crippen LogP contribution in [0.15, 0.2) is 88.0 Å². The quantitative estimate of drug-likeness (QED) is 0.325. The Morgan fingerprint density at radius 3 is 2.46 bits per heavy atom. The van der Waals surface area contributed by atoms with Crippen LogP contribution in [0.25, 0.3) is 22.3 Å². The molecule has 5 rings (SSSR count). The molecule has 4 aromatic rings. The van der Waals surface area contributed by atoms with Gasteiger partial charge in [0, 0.05) is 37.6 Å². The summed E-state index contributed by atoms with van der Waals surface area (Å²) >= 11 is 0. The van der Waals surface area contributed by atoms with E-state index in [0.717, 1.165) is 5.56 Å². The Kier molecular flexibility index (Phi) is 6.40. The highest BCUT2D eigenvalue weighted by Crippen LogP contribution is 2.36. The van der Waals surface area contributed by atoms with Crippen molar-refractivity contribution >= 4 is 11.0 Å². The molecular weight excluding hydrogens is 476 g/mol. The van der Waals surface area contributed by atoms with E-state index >= 15 is 0 Å². The maximum Gasteiger partial charge on any atom is 0.244 e. The Morgan fingerprint density at radius 2 is 1.73 bits per heavy atom. The molecule has 0 saturated carbocycles. The first-order valence-electron chi connectivity index (χ1n) is 11.7. The van der Waals surface area contributed by atoms with Crippen LogP contribution in [-0.2, 0) is 16.1 Å². The summed E-state index contributed by atoms with van der Waals surface area (Å²) in [4.78, 5) is 12.9. The van der Waals surface area contributed by atoms with Gasteiger partial charge in [-0.15, -0.1) is 0 Å². The fourth-order valence-electron chi connectivity index (χ4n) is 3.94. The number of fused-ring (bicyclic) bond motifs is 1. The smallest absolute Gasteiger partial charge is 0.244 e. The van der Waals surface area contributed by atoms with Crippen molar-refractivity contribution in [1.29, 1.82) is 0 Å². The van der Waals surface area contributed by atoms with E-state index in [1.54, 1.807) is 45.2 Å². The lowest BCUT2D eigenvalue weighted by Crippen LogP contribution is -2.21. The van der Waals surface area contributed by atoms with E-state index in [-0.39, 0.29) is 28.8 Å². The number of ether oxygens (including phenoxy) is 5. The van der Waals surface area contributed by atoms with Crippen molar-refractivity contribution in [3.05, 3.63) is 94.5 Å². The first kappa shape index (κ1) is 24.1. The number of rotatable bonds is 8. The molecular formula is C29H26O8. The van der Waals surface area contributed by atoms with Gasteiger partial charge in [0.2, 0.25) is 5.79 Å². The molecule has 2 heterocycles. The van der Waals surface area contributed by atoms with Gasteiger partial charge in [-0.3, -0.25) is 4.79 Å². The lowest BCUT2D eigenvalue weighted by molar-refractivity contribution is -0.119. The third-order valence-electron chi connectivity index (χ3n) is 5.70. The average molecular weight is 503 g/mol. The summed E-state index contributed by atoms with van der Waals surface area (Å²) in [5.74, 6) is 1.16. The molecule has 37 heavy (non-hydrogen) atoms. The van der Waals surface area contributed by atoms with Crippen molar-refractivity contribution in [2.45, 2.75) is 26.2 Å². The highest BCUT2D eigenvalue weighted by atomic mass is 16.7. The van der Waals surface area contributed by atoms with Crippen LogP contribution in [0.4, 0.5) is 0 Å². The molecule has 0 fully saturated rings. The summed E-state index contributed by atoms with van der Waals surface area (Å²) in [5.41, 5.74) is 1.40. The van der Waals surface area contributed by atoms with Gasteiger partial charge in [-0.2, -0.15) is 0 Å². The molecule has 1 aromatic heterocycles. The molecule has 0 aliphatic carbocycles. The number of phenolic OH excluding ortho intramolecular Hbond substituents is 1. The van der Waals surface area contributed by atoms with Crippen molar-refractivity contribution in [3.8, 4) is 34.3 Å². The van der Waals surface area contributed by atoms with E-state index < -0.39 is 5.79 Å². The van der Waals surface area contributed by atoms with Crippen LogP contribution in [0.2, 0.25) is 0 Å². The van der Waals surface area contributed by atoms with Crippen LogP contribution < -0.4 is 19.6 Å². The van der Waals surface area contributed by atoms with Crippen molar-refractivity contribution in [3.63, 3.8) is 0 Å². The fourth-order valence-corrected chi connectivity index (χ4v) is 3.94. The maximum absolute atomic E-state index is 12.9. The van der Waals surface area contributed by atoms with Gasteiger partial charge in [0.1, 0.15) is 47.7 Å². The number of methoxy groups -OCH3 is 1. The number of aromatic hydroxyl groups is 1. The Morgan fingerprint density at radius 1 is 0.919 bits per heavy atom. The van der Waals surface area contributed by atoms with Crippen molar-refractivity contribution in [2.75, 3.05) is 13.7 Å². The van der Waals surface area contributed by atoms with Gasteiger partial charge in [-0.1, -0.05) is 30.3 Å². The van der Waals surface area contributed by atoms with Gasteiger partial charge >= 0.3 is 0 Å². The molecule has 1 aliphatic rings. The zero-order valence-corrected chi connectivity index (χ0v) is 20.6. The fraction of sp³-hybridized carbons (Fsp3) is 0.207. The third kappa shape index (κ3) is 5.33. The van der Waals surface area contributed by atoms with Crippen LogP contribution in [0.1, 0.15) is 19.4 Å². The predicted molar refractivity (Wildman–Crippen MR) is 137 cm³/mol. The van der Waals surface area contributed by atoms with Crippen LogP contribution in [0.3, 0.4) is 0 Å². The number of phenols is 1. The Bertz CT molecular complexity index is 1520. The number of benzene rings is 3. The van der Waals surface area contributed by atoms with Gasteiger partial charge < -0.3 is 33.2 Å². The second-order valence-corrected chi connectivity index (χ2v) is 8.92. The van der Waals surface area contributed by atoms with Crippen LogP contribution in [-0.4, -0.2) is 24.6 Å². The lowest BCUT2D eigenvalue weighted by Gasteiger charge is -2.18. The Hall–Kier alpha value is -4.59. The van der Waals surface area contributed by atoms with E-state index in [4.69, 9.17) is 28.1 Å². The summed E-state index contributed by atoms with van der Waals surface area (Å²) in [6.07, 6.45) is 1.49. The lowest BCUT2D eigenvalue weighted by atomic mass is 10.1. The zero-order chi connectivity index (χ0) is 26.0. The van der Waals surface area contributed by atoms with Crippen molar-refractivity contribution < 1.29 is 33.2 Å². The third-order valence-corrected chi connectivity index (χ3v) is 5.70. The highest BCUT2D eigenvalue weighted by molar-refractivity contribution is 5.86. The zero-order valence-electron chi connectivity index (χ0n) is 20.6. The molecule has 3 aromatic carbocycles. The average Bonchev–Trinajstić information content (AvgIpc) is 3.24. The van der Waals surface area contributed by atoms with E-state index in [1.807, 2.05) is 30.3 Å². The molecule has 190 valence electrons. The molecule has 0 radical (unpaired) electrons. The van der Waals surface area contributed by atoms with Crippen LogP contribution in [0, 0.1) is 0 Å². The van der Waals surface area contributed by atoms with Gasteiger partial charge in [-0.05, 0) is 23.8 Å². The summed E-state index contributed by atoms with van der Waals surface area (Å²) in [7, 11) is 1.56. The largest absolute Gasteiger partial charge is 0.507 e. The highest BCUT2D eigenvalue weighted by Gasteiger charge is 2.27. The predicted octanol–water partition coefficient (Wildman–Crippen LogP) is 5.76. The molecule has 8 heteroatoms. The van der Waals surface area contributed by atoms with Gasteiger partial charge in [0.15, 0.2) is 22.7 Å². The van der Waals surface area contributed by atoms with E-state index in [9.17, 15) is 9.90 Å². The minimum atomic E-state index is -0.756. The first-order valence-corrected chi connectivity index (χ1v) is 11.7. The molecule has 0 saturated heterocycles. The molecule has 8 nitrogen and oxygen atoms in total. The molecule has 1 N–H and O–H groups in total. The summed E-state index contributed by atoms with van der Waals surface area (Å²) in [6, 6.07) is 19.3. The van der Waals surface area contributed by atoms with Gasteiger partial charge in [-0.25, -0.2) is 0 Å². The number of hydrogen-bond donors (Lipinski definition) is 1. The van der Waals surface area contributed by atoms with E-state index in [1.165, 1.54) is 18.4 Å². The minimum absolute atomic E-state index is 0.0611. The number of hydrogen-bond acceptors (Lipinski definition) is 8. The Balaban J connectivity index is 1.43. The van der Waals surface area contributed by atoms with E-state index in [0.29, 0.717) is 40.9 Å². The van der Waals surface area contributed by atoms with Gasteiger partial charge in [0.25, 0.3) is 0 Å². The standard InChI is InChI=1S/C29H26O8/c1-29(2)35-17-21(37-29)16-33-20-12-22(30)28-23(31)14-25(36-27(28)13-20)19-9-10-24(32-3)26(11-19)34-15-18-7-5-4-6-8-18/h4-14,17,30H,15-16H2,1-3H3. The molecule has 0 unspecified atom stereocenters. The second-order valence-electron chi connectivity index (χ2n) is 8.92. The van der Waals surface area contributed by atoms with E-state index in [2.05, 4.69) is 0 Å². The van der Waals surface area contributed by atoms with Crippen LogP contribution in [0.5, 0.6) is 23.0 Å². The topological polar surface area (TPSA) is 96.6 Å². The SMILES string of the molecule is COc1ccc(-c2cc(=O)c3c(O)cc(OCC4=COC(C)(C)O4)cc3o2)cc1OCc1ccccc1. The summed E-state index contributed by atoms with van der Waals surface area (Å²) in [5, 5.41) is 10.6. The molecule has 0 spiro atoms. The molecule has 0 amide bonds.